The van der Waals surface area contributed by atoms with Gasteiger partial charge in [-0.15, -0.1) is 0 Å². The van der Waals surface area contributed by atoms with E-state index in [1.165, 1.54) is 0 Å². The van der Waals surface area contributed by atoms with Gasteiger partial charge >= 0.3 is 115 Å². The van der Waals surface area contributed by atoms with E-state index >= 15 is 0 Å². The minimum atomic E-state index is -3.24. The molecule has 0 spiro atoms. The monoisotopic (exact) mass is 314 g/mol. The molecule has 0 aliphatic carbocycles. The van der Waals surface area contributed by atoms with E-state index in [4.69, 9.17) is 0 Å². The van der Waals surface area contributed by atoms with E-state index in [0.717, 1.165) is 0 Å². The van der Waals surface area contributed by atoms with Crippen molar-refractivity contribution in [1.29, 1.82) is 0 Å². The van der Waals surface area contributed by atoms with Gasteiger partial charge in [-0.25, -0.2) is 0 Å². The number of hydrogen-bond acceptors (Lipinski definition) is 2. The van der Waals surface area contributed by atoms with Crippen LogP contribution in [-0.4, -0.2) is 22.5 Å². The van der Waals surface area contributed by atoms with E-state index < -0.39 is 13.3 Å². The summed E-state index contributed by atoms with van der Waals surface area (Å²) in [6, 6.07) is 18.2. The molecule has 0 unspecified atom stereocenters. The quantitative estimate of drug-likeness (QED) is 0.809. The maximum atomic E-state index is 12.5. The standard InChI is InChI=1S/C16H16GeO2/c1-17(2,15(18)13-9-5-3-6-10-13)16(19)14-11-7-4-8-12-14/h3-12H,1-2H3. The van der Waals surface area contributed by atoms with Crippen LogP contribution in [0.2, 0.25) is 11.5 Å². The number of carbonyl (C=O) groups is 2. The first-order valence-electron chi connectivity index (χ1n) is 6.23. The molecule has 0 heterocycles. The first kappa shape index (κ1) is 13.7. The molecule has 0 aromatic heterocycles. The summed E-state index contributed by atoms with van der Waals surface area (Å²) >= 11 is -3.24. The molecule has 0 radical (unpaired) electrons. The topological polar surface area (TPSA) is 34.1 Å². The molecule has 0 aliphatic rings. The van der Waals surface area contributed by atoms with Crippen molar-refractivity contribution in [2.75, 3.05) is 0 Å². The summed E-state index contributed by atoms with van der Waals surface area (Å²) in [5.74, 6) is 3.73. The Balaban J connectivity index is 2.33. The zero-order valence-electron chi connectivity index (χ0n) is 11.1. The summed E-state index contributed by atoms with van der Waals surface area (Å²) < 4.78 is 0.0731. The Morgan fingerprint density at radius 2 is 1.00 bits per heavy atom. The van der Waals surface area contributed by atoms with Crippen molar-refractivity contribution in [1.82, 2.24) is 0 Å². The Kier molecular flexibility index (Phi) is 4.00. The van der Waals surface area contributed by atoms with E-state index in [0.29, 0.717) is 11.1 Å². The number of carbonyl (C=O) groups excluding carboxylic acids is 2. The van der Waals surface area contributed by atoms with E-state index in [9.17, 15) is 9.59 Å². The van der Waals surface area contributed by atoms with Crippen LogP contribution in [0.25, 0.3) is 0 Å². The molecule has 96 valence electrons. The molecule has 3 heteroatoms. The van der Waals surface area contributed by atoms with Gasteiger partial charge in [0.1, 0.15) is 0 Å². The predicted octanol–water partition coefficient (Wildman–Crippen LogP) is 3.54. The summed E-state index contributed by atoms with van der Waals surface area (Å²) in [4.78, 5) is 25.1. The predicted molar refractivity (Wildman–Crippen MR) is 79.0 cm³/mol. The average molecular weight is 313 g/mol. The van der Waals surface area contributed by atoms with E-state index in [-0.39, 0.29) is 9.23 Å². The Morgan fingerprint density at radius 3 is 1.32 bits per heavy atom. The van der Waals surface area contributed by atoms with E-state index in [1.807, 2.05) is 47.9 Å². The van der Waals surface area contributed by atoms with E-state index in [1.54, 1.807) is 24.3 Å². The molecule has 0 saturated heterocycles. The van der Waals surface area contributed by atoms with Crippen molar-refractivity contribution in [3.05, 3.63) is 71.8 Å². The molecule has 0 aliphatic heterocycles. The zero-order valence-corrected chi connectivity index (χ0v) is 13.2. The normalized spacial score (nSPS) is 11.1. The van der Waals surface area contributed by atoms with Gasteiger partial charge in [0.15, 0.2) is 0 Å². The Labute approximate surface area is 115 Å². The van der Waals surface area contributed by atoms with Crippen LogP contribution < -0.4 is 0 Å². The summed E-state index contributed by atoms with van der Waals surface area (Å²) in [7, 11) is 0. The second-order valence-electron chi connectivity index (χ2n) is 5.02. The molecule has 0 bridgehead atoms. The molecule has 2 aromatic rings. The van der Waals surface area contributed by atoms with Crippen LogP contribution in [-0.2, 0) is 0 Å². The molecule has 0 saturated carbocycles. The fourth-order valence-corrected chi connectivity index (χ4v) is 6.16. The van der Waals surface area contributed by atoms with Gasteiger partial charge in [0.2, 0.25) is 0 Å². The van der Waals surface area contributed by atoms with Crippen molar-refractivity contribution in [2.24, 2.45) is 0 Å². The maximum absolute atomic E-state index is 12.5. The van der Waals surface area contributed by atoms with Gasteiger partial charge in [0.05, 0.1) is 0 Å². The van der Waals surface area contributed by atoms with Crippen molar-refractivity contribution in [3.63, 3.8) is 0 Å². The van der Waals surface area contributed by atoms with Crippen molar-refractivity contribution >= 4 is 22.5 Å². The Morgan fingerprint density at radius 1 is 0.684 bits per heavy atom. The second kappa shape index (κ2) is 5.53. The van der Waals surface area contributed by atoms with Gasteiger partial charge in [0.25, 0.3) is 0 Å². The minimum absolute atomic E-state index is 0.0365. The molecular formula is C16H16GeO2. The average Bonchev–Trinajstić information content (AvgIpc) is 2.47. The van der Waals surface area contributed by atoms with Crippen LogP contribution >= 0.6 is 0 Å². The van der Waals surface area contributed by atoms with Crippen LogP contribution in [0.4, 0.5) is 0 Å². The second-order valence-corrected chi connectivity index (χ2v) is 13.7. The van der Waals surface area contributed by atoms with Gasteiger partial charge in [-0.3, -0.25) is 0 Å². The van der Waals surface area contributed by atoms with Crippen LogP contribution in [0.15, 0.2) is 60.7 Å². The molecule has 2 nitrogen and oxygen atoms in total. The summed E-state index contributed by atoms with van der Waals surface area (Å²) in [6.45, 7) is 0. The van der Waals surface area contributed by atoms with Gasteiger partial charge < -0.3 is 0 Å². The van der Waals surface area contributed by atoms with Crippen molar-refractivity contribution < 1.29 is 9.59 Å². The Hall–Kier alpha value is -1.68. The van der Waals surface area contributed by atoms with Gasteiger partial charge in [-0.05, 0) is 0 Å². The number of rotatable bonds is 4. The fraction of sp³-hybridized carbons (Fsp3) is 0.125. The third-order valence-corrected chi connectivity index (χ3v) is 9.18. The fourth-order valence-electron chi connectivity index (χ4n) is 2.00. The number of hydrogen-bond donors (Lipinski definition) is 0. The van der Waals surface area contributed by atoms with Crippen LogP contribution in [0, 0.1) is 0 Å². The summed E-state index contributed by atoms with van der Waals surface area (Å²) in [5.41, 5.74) is 1.30. The van der Waals surface area contributed by atoms with Gasteiger partial charge in [-0.2, -0.15) is 0 Å². The third kappa shape index (κ3) is 2.84. The molecule has 2 aromatic carbocycles. The molecule has 0 amide bonds. The van der Waals surface area contributed by atoms with E-state index in [2.05, 4.69) is 0 Å². The van der Waals surface area contributed by atoms with Gasteiger partial charge in [0, 0.05) is 0 Å². The summed E-state index contributed by atoms with van der Waals surface area (Å²) in [5, 5.41) is 0. The zero-order chi connectivity index (χ0) is 13.9. The molecule has 0 fully saturated rings. The van der Waals surface area contributed by atoms with Crippen LogP contribution in [0.3, 0.4) is 0 Å². The third-order valence-electron chi connectivity index (χ3n) is 3.21. The molecule has 0 atom stereocenters. The van der Waals surface area contributed by atoms with Crippen LogP contribution in [0.1, 0.15) is 20.7 Å². The first-order chi connectivity index (χ1) is 9.03. The summed E-state index contributed by atoms with van der Waals surface area (Å²) in [6.07, 6.45) is 0. The Bertz CT molecular complexity index is 535. The molecule has 19 heavy (non-hydrogen) atoms. The first-order valence-corrected chi connectivity index (χ1v) is 12.5. The van der Waals surface area contributed by atoms with Crippen molar-refractivity contribution in [3.8, 4) is 0 Å². The molecular weight excluding hydrogens is 297 g/mol. The van der Waals surface area contributed by atoms with Crippen LogP contribution in [0.5, 0.6) is 0 Å². The van der Waals surface area contributed by atoms with Crippen molar-refractivity contribution in [2.45, 2.75) is 11.5 Å². The van der Waals surface area contributed by atoms with Gasteiger partial charge in [-0.1, -0.05) is 0 Å². The number of benzene rings is 2. The molecule has 2 rings (SSSR count). The molecule has 0 N–H and O–H groups in total. The SMILES string of the molecule is [CH3][Ge]([CH3])([C](=O)c1ccccc1)[C](=O)c1ccccc1.